The first kappa shape index (κ1) is 13.8. The molecule has 1 aliphatic carbocycles. The van der Waals surface area contributed by atoms with Crippen LogP contribution in [0.3, 0.4) is 0 Å². The van der Waals surface area contributed by atoms with Gasteiger partial charge in [0.15, 0.2) is 0 Å². The van der Waals surface area contributed by atoms with Gasteiger partial charge >= 0.3 is 0 Å². The van der Waals surface area contributed by atoms with Crippen LogP contribution in [0.4, 0.5) is 5.69 Å². The van der Waals surface area contributed by atoms with E-state index in [0.29, 0.717) is 17.9 Å². The topological polar surface area (TPSA) is 77.5 Å². The Bertz CT molecular complexity index is 682. The van der Waals surface area contributed by atoms with Crippen LogP contribution in [-0.2, 0) is 9.59 Å². The minimum atomic E-state index is -1.42. The van der Waals surface area contributed by atoms with Gasteiger partial charge in [-0.2, -0.15) is 0 Å². The zero-order valence-corrected chi connectivity index (χ0v) is 11.7. The highest BCUT2D eigenvalue weighted by Gasteiger charge is 2.49. The molecule has 2 amide bonds. The molecule has 108 valence electrons. The number of aromatic carboxylic acids is 1. The fourth-order valence-corrected chi connectivity index (χ4v) is 3.16. The third kappa shape index (κ3) is 2.14. The molecule has 0 aromatic heterocycles. The third-order valence-corrected chi connectivity index (χ3v) is 4.24. The Balaban J connectivity index is 2.04. The number of amides is 2. The number of halogens is 1. The summed E-state index contributed by atoms with van der Waals surface area (Å²) in [5.74, 6) is -3.17. The molecule has 0 radical (unpaired) electrons. The largest absolute Gasteiger partial charge is 0.545 e. The minimum absolute atomic E-state index is 0.0676. The monoisotopic (exact) mass is 304 g/mol. The number of imide groups is 1. The first-order valence-corrected chi connectivity index (χ1v) is 6.91. The van der Waals surface area contributed by atoms with Gasteiger partial charge in [0, 0.05) is 10.6 Å². The molecule has 2 aliphatic rings. The molecular formula is C15H11ClNO4-. The lowest BCUT2D eigenvalue weighted by Crippen LogP contribution is -2.34. The third-order valence-electron chi connectivity index (χ3n) is 3.93. The van der Waals surface area contributed by atoms with E-state index in [0.717, 1.165) is 4.90 Å². The standard InChI is InChI=1S/C15H12ClNO4/c16-8-5-6-9-11(7-8)14(19)17(13(9)18)12-4-2-1-3-10(12)15(20)21/h1-5,9,11H,6-7H2,(H,20,21)/p-1/t9-,11-/m1/s1. The molecule has 3 rings (SSSR count). The highest BCUT2D eigenvalue weighted by molar-refractivity contribution is 6.31. The summed E-state index contributed by atoms with van der Waals surface area (Å²) in [4.78, 5) is 37.1. The van der Waals surface area contributed by atoms with Gasteiger partial charge in [-0.15, -0.1) is 0 Å². The Labute approximate surface area is 125 Å². The van der Waals surface area contributed by atoms with E-state index >= 15 is 0 Å². The number of nitrogens with zero attached hydrogens (tertiary/aromatic N) is 1. The van der Waals surface area contributed by atoms with Crippen LogP contribution >= 0.6 is 11.6 Å². The summed E-state index contributed by atoms with van der Waals surface area (Å²) < 4.78 is 0. The second-order valence-corrected chi connectivity index (χ2v) is 5.61. The highest BCUT2D eigenvalue weighted by Crippen LogP contribution is 2.41. The summed E-state index contributed by atoms with van der Waals surface area (Å²) in [6.07, 6.45) is 2.46. The first-order chi connectivity index (χ1) is 10.0. The molecule has 1 aromatic rings. The zero-order chi connectivity index (χ0) is 15.1. The summed E-state index contributed by atoms with van der Waals surface area (Å²) in [6.45, 7) is 0. The van der Waals surface area contributed by atoms with Gasteiger partial charge in [0.2, 0.25) is 11.8 Å². The summed E-state index contributed by atoms with van der Waals surface area (Å²) >= 11 is 5.95. The number of benzene rings is 1. The van der Waals surface area contributed by atoms with Crippen LogP contribution in [0.25, 0.3) is 0 Å². The number of carbonyl (C=O) groups is 3. The van der Waals surface area contributed by atoms with Crippen molar-refractivity contribution in [2.24, 2.45) is 11.8 Å². The van der Waals surface area contributed by atoms with E-state index < -0.39 is 23.7 Å². The SMILES string of the molecule is O=C([O-])c1ccccc1N1C(=O)[C@@H]2CC=C(Cl)C[C@H]2C1=O. The molecule has 21 heavy (non-hydrogen) atoms. The van der Waals surface area contributed by atoms with Crippen LogP contribution in [-0.4, -0.2) is 17.8 Å². The Morgan fingerprint density at radius 2 is 1.86 bits per heavy atom. The second-order valence-electron chi connectivity index (χ2n) is 5.12. The lowest BCUT2D eigenvalue weighted by atomic mass is 9.85. The van der Waals surface area contributed by atoms with Gasteiger partial charge in [-0.3, -0.25) is 9.59 Å². The van der Waals surface area contributed by atoms with Crippen LogP contribution < -0.4 is 10.0 Å². The van der Waals surface area contributed by atoms with Gasteiger partial charge in [0.25, 0.3) is 0 Å². The zero-order valence-electron chi connectivity index (χ0n) is 10.9. The van der Waals surface area contributed by atoms with Crippen LogP contribution in [0.1, 0.15) is 23.2 Å². The van der Waals surface area contributed by atoms with Crippen molar-refractivity contribution >= 4 is 35.1 Å². The average molecular weight is 305 g/mol. The van der Waals surface area contributed by atoms with Crippen molar-refractivity contribution in [3.8, 4) is 0 Å². The first-order valence-electron chi connectivity index (χ1n) is 6.53. The van der Waals surface area contributed by atoms with Crippen molar-refractivity contribution in [1.82, 2.24) is 0 Å². The van der Waals surface area contributed by atoms with Crippen LogP contribution in [0.5, 0.6) is 0 Å². The normalized spacial score (nSPS) is 24.8. The Hall–Kier alpha value is -2.14. The van der Waals surface area contributed by atoms with E-state index in [1.54, 1.807) is 12.1 Å². The minimum Gasteiger partial charge on any atom is -0.545 e. The predicted molar refractivity (Wildman–Crippen MR) is 73.4 cm³/mol. The molecule has 5 nitrogen and oxygen atoms in total. The Morgan fingerprint density at radius 3 is 2.57 bits per heavy atom. The predicted octanol–water partition coefficient (Wildman–Crippen LogP) is 1.07. The van der Waals surface area contributed by atoms with Gasteiger partial charge < -0.3 is 9.90 Å². The van der Waals surface area contributed by atoms with Gasteiger partial charge in [0.05, 0.1) is 23.5 Å². The van der Waals surface area contributed by atoms with Crippen LogP contribution in [0.15, 0.2) is 35.4 Å². The number of carboxylic acid groups (broad SMARTS) is 1. The molecule has 0 unspecified atom stereocenters. The van der Waals surface area contributed by atoms with Crippen molar-refractivity contribution in [3.63, 3.8) is 0 Å². The second kappa shape index (κ2) is 5.00. The molecule has 1 aliphatic heterocycles. The molecule has 0 spiro atoms. The van der Waals surface area contributed by atoms with Crippen molar-refractivity contribution in [2.45, 2.75) is 12.8 Å². The molecular weight excluding hydrogens is 294 g/mol. The molecule has 6 heteroatoms. The quantitative estimate of drug-likeness (QED) is 0.766. The number of hydrogen-bond acceptors (Lipinski definition) is 4. The maximum atomic E-state index is 12.5. The molecule has 0 saturated carbocycles. The number of hydrogen-bond donors (Lipinski definition) is 0. The van der Waals surface area contributed by atoms with Crippen molar-refractivity contribution < 1.29 is 19.5 Å². The highest BCUT2D eigenvalue weighted by atomic mass is 35.5. The summed E-state index contributed by atoms with van der Waals surface area (Å²) in [6, 6.07) is 5.85. The number of carbonyl (C=O) groups excluding carboxylic acids is 3. The van der Waals surface area contributed by atoms with E-state index in [-0.39, 0.29) is 17.2 Å². The number of carboxylic acids is 1. The smallest absolute Gasteiger partial charge is 0.238 e. The number of anilines is 1. The molecule has 1 aromatic carbocycles. The molecule has 0 N–H and O–H groups in total. The maximum absolute atomic E-state index is 12.5. The fourth-order valence-electron chi connectivity index (χ4n) is 2.91. The van der Waals surface area contributed by atoms with Gasteiger partial charge in [-0.25, -0.2) is 4.90 Å². The van der Waals surface area contributed by atoms with Gasteiger partial charge in [-0.1, -0.05) is 35.9 Å². The van der Waals surface area contributed by atoms with E-state index in [9.17, 15) is 19.5 Å². The summed E-state index contributed by atoms with van der Waals surface area (Å²) in [7, 11) is 0. The lowest BCUT2D eigenvalue weighted by molar-refractivity contribution is -0.254. The summed E-state index contributed by atoms with van der Waals surface area (Å²) in [5.41, 5.74) is -0.102. The number of para-hydroxylation sites is 1. The lowest BCUT2D eigenvalue weighted by Gasteiger charge is -2.19. The molecule has 0 bridgehead atoms. The fraction of sp³-hybridized carbons (Fsp3) is 0.267. The summed E-state index contributed by atoms with van der Waals surface area (Å²) in [5, 5.41) is 11.7. The van der Waals surface area contributed by atoms with Gasteiger partial charge in [-0.05, 0) is 18.9 Å². The molecule has 1 saturated heterocycles. The average Bonchev–Trinajstić information content (AvgIpc) is 2.70. The number of fused-ring (bicyclic) bond motifs is 1. The van der Waals surface area contributed by atoms with Crippen molar-refractivity contribution in [3.05, 3.63) is 40.9 Å². The van der Waals surface area contributed by atoms with E-state index in [1.807, 2.05) is 0 Å². The van der Waals surface area contributed by atoms with Crippen LogP contribution in [0, 0.1) is 11.8 Å². The maximum Gasteiger partial charge on any atom is 0.238 e. The number of rotatable bonds is 2. The Kier molecular flexibility index (Phi) is 3.29. The Morgan fingerprint density at radius 1 is 1.19 bits per heavy atom. The van der Waals surface area contributed by atoms with Gasteiger partial charge in [0.1, 0.15) is 0 Å². The molecule has 1 heterocycles. The molecule has 1 fully saturated rings. The molecule has 2 atom stereocenters. The van der Waals surface area contributed by atoms with Crippen molar-refractivity contribution in [2.75, 3.05) is 4.90 Å². The van der Waals surface area contributed by atoms with E-state index in [2.05, 4.69) is 0 Å². The number of allylic oxidation sites excluding steroid dienone is 2. The van der Waals surface area contributed by atoms with Crippen molar-refractivity contribution in [1.29, 1.82) is 0 Å². The van der Waals surface area contributed by atoms with E-state index in [1.165, 1.54) is 18.2 Å². The van der Waals surface area contributed by atoms with Crippen LogP contribution in [0.2, 0.25) is 0 Å². The van der Waals surface area contributed by atoms with E-state index in [4.69, 9.17) is 11.6 Å².